The van der Waals surface area contributed by atoms with Crippen LogP contribution in [0.1, 0.15) is 47.8 Å². The van der Waals surface area contributed by atoms with E-state index in [9.17, 15) is 9.59 Å². The summed E-state index contributed by atoms with van der Waals surface area (Å²) in [5.41, 5.74) is 2.94. The monoisotopic (exact) mass is 324 g/mol. The largest absolute Gasteiger partial charge is 0.452 e. The fraction of sp³-hybridized carbons (Fsp3) is 0.278. The maximum absolute atomic E-state index is 12.5. The second-order valence-corrected chi connectivity index (χ2v) is 6.22. The number of ether oxygens (including phenoxy) is 2. The fourth-order valence-corrected chi connectivity index (χ4v) is 3.30. The molecule has 1 atom stereocenters. The normalized spacial score (nSPS) is 18.8. The van der Waals surface area contributed by atoms with Gasteiger partial charge in [-0.2, -0.15) is 5.10 Å². The second-order valence-electron chi connectivity index (χ2n) is 6.22. The predicted molar refractivity (Wildman–Crippen MR) is 85.1 cm³/mol. The van der Waals surface area contributed by atoms with E-state index < -0.39 is 0 Å². The molecule has 1 aromatic heterocycles. The molecule has 122 valence electrons. The minimum atomic E-state index is -0.305. The molecule has 2 aliphatic heterocycles. The highest BCUT2D eigenvalue weighted by Crippen LogP contribution is 2.48. The van der Waals surface area contributed by atoms with Crippen LogP contribution in [0.2, 0.25) is 0 Å². The maximum Gasteiger partial charge on any atom is 0.312 e. The van der Waals surface area contributed by atoms with E-state index in [1.54, 1.807) is 23.0 Å². The third kappa shape index (κ3) is 1.99. The van der Waals surface area contributed by atoms with Crippen molar-refractivity contribution in [1.82, 2.24) is 9.78 Å². The van der Waals surface area contributed by atoms with Crippen molar-refractivity contribution in [3.63, 3.8) is 0 Å². The van der Waals surface area contributed by atoms with Crippen LogP contribution >= 0.6 is 0 Å². The van der Waals surface area contributed by atoms with Crippen molar-refractivity contribution in [2.45, 2.75) is 26.2 Å². The molecular weight excluding hydrogens is 308 g/mol. The minimum absolute atomic E-state index is 0.131. The topological polar surface area (TPSA) is 70.4 Å². The molecule has 24 heavy (non-hydrogen) atoms. The van der Waals surface area contributed by atoms with Gasteiger partial charge in [-0.3, -0.25) is 14.3 Å². The molecule has 0 amide bonds. The quantitative estimate of drug-likeness (QED) is 0.458. The molecule has 0 radical (unpaired) electrons. The number of rotatable bonds is 1. The molecule has 4 rings (SSSR count). The lowest BCUT2D eigenvalue weighted by Gasteiger charge is -2.26. The molecule has 0 fully saturated rings. The van der Waals surface area contributed by atoms with Gasteiger partial charge in [-0.25, -0.2) is 0 Å². The number of esters is 1. The number of allylic oxidation sites excluding steroid dienone is 2. The molecule has 0 N–H and O–H groups in total. The molecule has 0 aliphatic carbocycles. The first-order chi connectivity index (χ1) is 11.5. The van der Waals surface area contributed by atoms with Gasteiger partial charge in [-0.1, -0.05) is 0 Å². The number of aryl methyl sites for hydroxylation is 1. The summed E-state index contributed by atoms with van der Waals surface area (Å²) >= 11 is 0. The molecule has 3 heterocycles. The number of Topliss-reactive ketones (excluding diaryl/α,β-unsaturated/α-hetero) is 1. The number of fused-ring (bicyclic) bond motifs is 3. The molecular formula is C18H16N2O4. The van der Waals surface area contributed by atoms with Crippen LogP contribution in [-0.2, 0) is 11.8 Å². The van der Waals surface area contributed by atoms with Crippen molar-refractivity contribution in [1.29, 1.82) is 0 Å². The molecule has 6 heteroatoms. The third-order valence-corrected chi connectivity index (χ3v) is 4.42. The summed E-state index contributed by atoms with van der Waals surface area (Å²) in [7, 11) is 1.83. The van der Waals surface area contributed by atoms with Crippen molar-refractivity contribution >= 4 is 11.8 Å². The molecule has 6 nitrogen and oxygen atoms in total. The highest BCUT2D eigenvalue weighted by atomic mass is 16.5. The first kappa shape index (κ1) is 14.7. The number of ketones is 1. The first-order valence-corrected chi connectivity index (χ1v) is 7.73. The Hall–Kier alpha value is -2.89. The molecule has 0 spiro atoms. The van der Waals surface area contributed by atoms with Crippen LogP contribution in [0.4, 0.5) is 0 Å². The van der Waals surface area contributed by atoms with Gasteiger partial charge in [0.25, 0.3) is 0 Å². The van der Waals surface area contributed by atoms with E-state index in [1.807, 2.05) is 27.0 Å². The van der Waals surface area contributed by atoms with E-state index in [1.165, 1.54) is 0 Å². The molecule has 2 aliphatic rings. The maximum atomic E-state index is 12.5. The predicted octanol–water partition coefficient (Wildman–Crippen LogP) is 2.73. The molecule has 1 unspecified atom stereocenters. The standard InChI is InChI=1S/C18H16N2O4/c1-9(2)17-16(22)10-4-5-13-15(18(10)24-17)11(8-14(21)23-13)12-6-7-19-20(12)3/h4-7,11H,8H2,1-3H3. The number of benzene rings is 1. The van der Waals surface area contributed by atoms with Gasteiger partial charge in [-0.05, 0) is 37.6 Å². The summed E-state index contributed by atoms with van der Waals surface area (Å²) in [5.74, 6) is 0.590. The van der Waals surface area contributed by atoms with E-state index in [4.69, 9.17) is 9.47 Å². The Kier molecular flexibility index (Phi) is 3.09. The van der Waals surface area contributed by atoms with Gasteiger partial charge in [0.2, 0.25) is 5.78 Å². The van der Waals surface area contributed by atoms with Crippen LogP contribution in [0.15, 0.2) is 35.7 Å². The second kappa shape index (κ2) is 5.06. The Labute approximate surface area is 138 Å². The zero-order valence-corrected chi connectivity index (χ0v) is 13.6. The highest BCUT2D eigenvalue weighted by Gasteiger charge is 2.39. The fourth-order valence-electron chi connectivity index (χ4n) is 3.30. The number of nitrogens with zero attached hydrogens (tertiary/aromatic N) is 2. The first-order valence-electron chi connectivity index (χ1n) is 7.73. The van der Waals surface area contributed by atoms with Crippen molar-refractivity contribution < 1.29 is 19.1 Å². The van der Waals surface area contributed by atoms with Crippen LogP contribution in [0.5, 0.6) is 11.5 Å². The summed E-state index contributed by atoms with van der Waals surface area (Å²) in [5, 5.41) is 4.19. The molecule has 1 aromatic carbocycles. The summed E-state index contributed by atoms with van der Waals surface area (Å²) in [6.07, 6.45) is 1.87. The Morgan fingerprint density at radius 1 is 1.21 bits per heavy atom. The van der Waals surface area contributed by atoms with Crippen LogP contribution in [0.3, 0.4) is 0 Å². The average Bonchev–Trinajstić information content (AvgIpc) is 3.10. The van der Waals surface area contributed by atoms with E-state index in [2.05, 4.69) is 5.10 Å². The molecule has 0 saturated carbocycles. The molecule has 2 aromatic rings. The van der Waals surface area contributed by atoms with E-state index >= 15 is 0 Å². The zero-order valence-electron chi connectivity index (χ0n) is 13.6. The van der Waals surface area contributed by atoms with Gasteiger partial charge in [-0.15, -0.1) is 0 Å². The number of carbonyl (C=O) groups is 2. The van der Waals surface area contributed by atoms with Crippen molar-refractivity contribution in [2.24, 2.45) is 7.05 Å². The Bertz CT molecular complexity index is 919. The number of hydrogen-bond acceptors (Lipinski definition) is 5. The van der Waals surface area contributed by atoms with Crippen molar-refractivity contribution in [3.8, 4) is 11.5 Å². The van der Waals surface area contributed by atoms with Crippen LogP contribution < -0.4 is 9.47 Å². The van der Waals surface area contributed by atoms with Gasteiger partial charge in [0.05, 0.1) is 12.0 Å². The van der Waals surface area contributed by atoms with Gasteiger partial charge < -0.3 is 9.47 Å². The Morgan fingerprint density at radius 2 is 2.00 bits per heavy atom. The van der Waals surface area contributed by atoms with Crippen LogP contribution in [0, 0.1) is 0 Å². The van der Waals surface area contributed by atoms with Crippen LogP contribution in [-0.4, -0.2) is 21.5 Å². The lowest BCUT2D eigenvalue weighted by Crippen LogP contribution is -2.23. The van der Waals surface area contributed by atoms with Gasteiger partial charge in [0.1, 0.15) is 11.5 Å². The van der Waals surface area contributed by atoms with E-state index in [0.29, 0.717) is 22.8 Å². The van der Waals surface area contributed by atoms with E-state index in [-0.39, 0.29) is 24.1 Å². The molecule has 0 bridgehead atoms. The SMILES string of the molecule is CC(C)=C1Oc2c(ccc3c2C(c2ccnn2C)CC(=O)O3)C1=O. The van der Waals surface area contributed by atoms with Gasteiger partial charge in [0, 0.05) is 30.4 Å². The Balaban J connectivity index is 1.95. The zero-order chi connectivity index (χ0) is 17.0. The van der Waals surface area contributed by atoms with Crippen molar-refractivity contribution in [2.75, 3.05) is 0 Å². The summed E-state index contributed by atoms with van der Waals surface area (Å²) in [6, 6.07) is 5.19. The average molecular weight is 324 g/mol. The number of carbonyl (C=O) groups excluding carboxylic acids is 2. The summed E-state index contributed by atoms with van der Waals surface area (Å²) < 4.78 is 13.0. The number of hydrogen-bond donors (Lipinski definition) is 0. The van der Waals surface area contributed by atoms with Crippen LogP contribution in [0.25, 0.3) is 0 Å². The third-order valence-electron chi connectivity index (χ3n) is 4.42. The van der Waals surface area contributed by atoms with Gasteiger partial charge >= 0.3 is 5.97 Å². The van der Waals surface area contributed by atoms with Crippen molar-refractivity contribution in [3.05, 3.63) is 52.5 Å². The minimum Gasteiger partial charge on any atom is -0.452 e. The lowest BCUT2D eigenvalue weighted by atomic mass is 9.87. The van der Waals surface area contributed by atoms with Gasteiger partial charge in [0.15, 0.2) is 5.76 Å². The lowest BCUT2D eigenvalue weighted by molar-refractivity contribution is -0.135. The number of aromatic nitrogens is 2. The summed E-state index contributed by atoms with van der Waals surface area (Å²) in [4.78, 5) is 24.6. The van der Waals surface area contributed by atoms with E-state index in [0.717, 1.165) is 16.8 Å². The molecule has 0 saturated heterocycles. The smallest absolute Gasteiger partial charge is 0.312 e. The highest BCUT2D eigenvalue weighted by molar-refractivity contribution is 6.13. The summed E-state index contributed by atoms with van der Waals surface area (Å²) in [6.45, 7) is 3.67. The Morgan fingerprint density at radius 3 is 2.67 bits per heavy atom.